The molecule has 0 aliphatic carbocycles. The highest BCUT2D eigenvalue weighted by Crippen LogP contribution is 2.18. The van der Waals surface area contributed by atoms with Gasteiger partial charge in [-0.1, -0.05) is 12.1 Å². The Morgan fingerprint density at radius 3 is 2.53 bits per heavy atom. The van der Waals surface area contributed by atoms with E-state index in [9.17, 15) is 19.1 Å². The number of carbonyl (C=O) groups is 2. The smallest absolute Gasteiger partial charge is 0.337 e. The third-order valence-electron chi connectivity index (χ3n) is 2.16. The minimum Gasteiger partial charge on any atom is -0.479 e. The summed E-state index contributed by atoms with van der Waals surface area (Å²) >= 11 is 5.29. The minimum atomic E-state index is -1.78. The largest absolute Gasteiger partial charge is 0.479 e. The monoisotopic (exact) mass is 260 g/mol. The number of carboxylic acid groups (broad SMARTS) is 1. The molecule has 2 N–H and O–H groups in total. The normalized spacial score (nSPS) is 12.2. The van der Waals surface area contributed by atoms with E-state index in [0.717, 1.165) is 6.07 Å². The number of halogens is 2. The molecule has 17 heavy (non-hydrogen) atoms. The number of carbonyl (C=O) groups excluding carboxylic acids is 1. The number of aliphatic carboxylic acids is 1. The summed E-state index contributed by atoms with van der Waals surface area (Å²) in [7, 11) is 0. The molecular weight excluding hydrogens is 251 g/mol. The van der Waals surface area contributed by atoms with E-state index in [1.165, 1.54) is 12.1 Å². The Kier molecular flexibility index (Phi) is 4.60. The maximum absolute atomic E-state index is 13.5. The lowest BCUT2D eigenvalue weighted by molar-refractivity contribution is -0.147. The van der Waals surface area contributed by atoms with E-state index in [4.69, 9.17) is 16.7 Å². The summed E-state index contributed by atoms with van der Waals surface area (Å²) in [5.74, 6) is -2.74. The fourth-order valence-corrected chi connectivity index (χ4v) is 1.37. The zero-order chi connectivity index (χ0) is 13.0. The zero-order valence-corrected chi connectivity index (χ0v) is 9.45. The van der Waals surface area contributed by atoms with Crippen LogP contribution in [0.2, 0.25) is 0 Å². The van der Waals surface area contributed by atoms with Crippen LogP contribution in [0.4, 0.5) is 4.39 Å². The summed E-state index contributed by atoms with van der Waals surface area (Å²) in [6.07, 6.45) is -1.93. The third kappa shape index (κ3) is 3.51. The molecule has 0 bridgehead atoms. The van der Waals surface area contributed by atoms with Gasteiger partial charge in [0.1, 0.15) is 5.82 Å². The van der Waals surface area contributed by atoms with Crippen molar-refractivity contribution in [3.8, 4) is 0 Å². The van der Waals surface area contributed by atoms with E-state index in [2.05, 4.69) is 0 Å². The van der Waals surface area contributed by atoms with Crippen molar-refractivity contribution in [3.63, 3.8) is 0 Å². The highest BCUT2D eigenvalue weighted by atomic mass is 35.5. The quantitative estimate of drug-likeness (QED) is 0.783. The summed E-state index contributed by atoms with van der Waals surface area (Å²) in [6.45, 7) is 0. The molecule has 0 saturated carbocycles. The van der Waals surface area contributed by atoms with Crippen LogP contribution in [0.25, 0.3) is 0 Å². The molecule has 1 aromatic rings. The SMILES string of the molecule is O=C(CCl)Cc1ccc(C(O)C(=O)O)cc1F. The van der Waals surface area contributed by atoms with Gasteiger partial charge in [0.25, 0.3) is 0 Å². The second-order valence-electron chi connectivity index (χ2n) is 3.44. The molecule has 0 amide bonds. The van der Waals surface area contributed by atoms with E-state index in [1.807, 2.05) is 0 Å². The van der Waals surface area contributed by atoms with Crippen molar-refractivity contribution in [2.45, 2.75) is 12.5 Å². The van der Waals surface area contributed by atoms with Crippen LogP contribution in [0, 0.1) is 5.82 Å². The highest BCUT2D eigenvalue weighted by Gasteiger charge is 2.17. The van der Waals surface area contributed by atoms with Crippen molar-refractivity contribution in [1.82, 2.24) is 0 Å². The lowest BCUT2D eigenvalue weighted by atomic mass is 10.0. The first kappa shape index (κ1) is 13.6. The number of Topliss-reactive ketones (excluding diaryl/α,β-unsaturated/α-hetero) is 1. The van der Waals surface area contributed by atoms with Gasteiger partial charge in [-0.15, -0.1) is 11.6 Å². The van der Waals surface area contributed by atoms with Gasteiger partial charge >= 0.3 is 5.97 Å². The number of aliphatic hydroxyl groups is 1. The van der Waals surface area contributed by atoms with Crippen molar-refractivity contribution in [3.05, 3.63) is 35.1 Å². The van der Waals surface area contributed by atoms with Gasteiger partial charge in [-0.2, -0.15) is 0 Å². The van der Waals surface area contributed by atoms with Crippen LogP contribution in [-0.4, -0.2) is 27.8 Å². The van der Waals surface area contributed by atoms with Crippen molar-refractivity contribution in [2.75, 3.05) is 5.88 Å². The van der Waals surface area contributed by atoms with E-state index < -0.39 is 17.9 Å². The maximum atomic E-state index is 13.5. The molecule has 6 heteroatoms. The van der Waals surface area contributed by atoms with Gasteiger partial charge in [-0.3, -0.25) is 4.79 Å². The summed E-state index contributed by atoms with van der Waals surface area (Å²) in [4.78, 5) is 21.5. The fourth-order valence-electron chi connectivity index (χ4n) is 1.28. The maximum Gasteiger partial charge on any atom is 0.337 e. The molecule has 4 nitrogen and oxygen atoms in total. The molecule has 0 aliphatic heterocycles. The number of carboxylic acids is 1. The molecule has 1 unspecified atom stereocenters. The Bertz CT molecular complexity index is 447. The number of rotatable bonds is 5. The highest BCUT2D eigenvalue weighted by molar-refractivity contribution is 6.27. The van der Waals surface area contributed by atoms with Crippen molar-refractivity contribution in [2.24, 2.45) is 0 Å². The molecule has 0 fully saturated rings. The molecule has 0 heterocycles. The third-order valence-corrected chi connectivity index (χ3v) is 2.46. The van der Waals surface area contributed by atoms with Gasteiger partial charge in [-0.25, -0.2) is 9.18 Å². The van der Waals surface area contributed by atoms with E-state index in [0.29, 0.717) is 0 Å². The summed E-state index contributed by atoms with van der Waals surface area (Å²) < 4.78 is 13.5. The molecule has 0 radical (unpaired) electrons. The van der Waals surface area contributed by atoms with Crippen LogP contribution in [0.15, 0.2) is 18.2 Å². The summed E-state index contributed by atoms with van der Waals surface area (Å²) in [5.41, 5.74) is 0.0501. The Balaban J connectivity index is 2.93. The predicted molar refractivity (Wildman–Crippen MR) is 58.4 cm³/mol. The zero-order valence-electron chi connectivity index (χ0n) is 8.69. The lowest BCUT2D eigenvalue weighted by Crippen LogP contribution is -2.12. The lowest BCUT2D eigenvalue weighted by Gasteiger charge is -2.08. The van der Waals surface area contributed by atoms with E-state index in [1.54, 1.807) is 0 Å². The number of aliphatic hydroxyl groups excluding tert-OH is 1. The van der Waals surface area contributed by atoms with Crippen molar-refractivity contribution >= 4 is 23.4 Å². The summed E-state index contributed by atoms with van der Waals surface area (Å²) in [6, 6.07) is 3.43. The topological polar surface area (TPSA) is 74.6 Å². The van der Waals surface area contributed by atoms with Gasteiger partial charge < -0.3 is 10.2 Å². The Morgan fingerprint density at radius 1 is 1.41 bits per heavy atom. The summed E-state index contributed by atoms with van der Waals surface area (Å²) in [5, 5.41) is 17.7. The predicted octanol–water partition coefficient (Wildman–Crippen LogP) is 1.29. The van der Waals surface area contributed by atoms with Crippen LogP contribution in [0.1, 0.15) is 17.2 Å². The van der Waals surface area contributed by atoms with Crippen LogP contribution < -0.4 is 0 Å². The molecule has 0 saturated heterocycles. The molecule has 1 atom stereocenters. The standard InChI is InChI=1S/C11H10ClFO4/c12-5-8(14)3-6-1-2-7(4-9(6)13)10(15)11(16)17/h1-2,4,10,15H,3,5H2,(H,16,17). The molecule has 0 spiro atoms. The number of ketones is 1. The molecule has 0 aliphatic rings. The minimum absolute atomic E-state index is 0.0722. The molecule has 1 aromatic carbocycles. The molecule has 92 valence electrons. The van der Waals surface area contributed by atoms with Gasteiger partial charge in [-0.05, 0) is 17.2 Å². The average Bonchev–Trinajstić information content (AvgIpc) is 2.30. The second kappa shape index (κ2) is 5.75. The van der Waals surface area contributed by atoms with Gasteiger partial charge in [0.15, 0.2) is 11.9 Å². The van der Waals surface area contributed by atoms with E-state index >= 15 is 0 Å². The van der Waals surface area contributed by atoms with Crippen LogP contribution in [0.5, 0.6) is 0 Å². The van der Waals surface area contributed by atoms with Crippen LogP contribution >= 0.6 is 11.6 Å². The van der Waals surface area contributed by atoms with Gasteiger partial charge in [0.2, 0.25) is 0 Å². The van der Waals surface area contributed by atoms with Crippen LogP contribution in [0.3, 0.4) is 0 Å². The average molecular weight is 261 g/mol. The number of hydrogen-bond acceptors (Lipinski definition) is 3. The molecule has 1 rings (SSSR count). The Hall–Kier alpha value is -1.46. The van der Waals surface area contributed by atoms with Crippen molar-refractivity contribution < 1.29 is 24.2 Å². The first-order valence-electron chi connectivity index (χ1n) is 4.72. The van der Waals surface area contributed by atoms with Gasteiger partial charge in [0.05, 0.1) is 5.88 Å². The van der Waals surface area contributed by atoms with E-state index in [-0.39, 0.29) is 29.2 Å². The van der Waals surface area contributed by atoms with Crippen LogP contribution in [-0.2, 0) is 16.0 Å². The first-order valence-corrected chi connectivity index (χ1v) is 5.26. The second-order valence-corrected chi connectivity index (χ2v) is 3.71. The molecule has 0 aromatic heterocycles. The fraction of sp³-hybridized carbons (Fsp3) is 0.273. The van der Waals surface area contributed by atoms with Gasteiger partial charge in [0, 0.05) is 6.42 Å². The number of benzene rings is 1. The van der Waals surface area contributed by atoms with Crippen molar-refractivity contribution in [1.29, 1.82) is 0 Å². The Labute approximate surface area is 102 Å². The Morgan fingerprint density at radius 2 is 2.06 bits per heavy atom. The number of hydrogen-bond donors (Lipinski definition) is 2. The first-order chi connectivity index (χ1) is 7.95. The number of alkyl halides is 1. The molecular formula is C11H10ClFO4.